The number of likely N-dealkylation sites (tertiary alicyclic amines) is 1. The van der Waals surface area contributed by atoms with E-state index in [-0.39, 0.29) is 12.5 Å². The van der Waals surface area contributed by atoms with Gasteiger partial charge in [-0.2, -0.15) is 0 Å². The maximum atomic E-state index is 12.3. The van der Waals surface area contributed by atoms with Crippen LogP contribution in [0.3, 0.4) is 0 Å². The van der Waals surface area contributed by atoms with Gasteiger partial charge in [-0.3, -0.25) is 4.79 Å². The molecule has 1 amide bonds. The summed E-state index contributed by atoms with van der Waals surface area (Å²) < 4.78 is 6.11. The van der Waals surface area contributed by atoms with Crippen LogP contribution in [0, 0.1) is 3.57 Å². The summed E-state index contributed by atoms with van der Waals surface area (Å²) in [6, 6.07) is 5.16. The summed E-state index contributed by atoms with van der Waals surface area (Å²) in [5.41, 5.74) is -0.0312. The first kappa shape index (κ1) is 15.5. The molecule has 0 atom stereocenters. The van der Waals surface area contributed by atoms with E-state index in [1.54, 1.807) is 30.0 Å². The van der Waals surface area contributed by atoms with Crippen molar-refractivity contribution >= 4 is 46.1 Å². The highest BCUT2D eigenvalue weighted by atomic mass is 127. The van der Waals surface area contributed by atoms with Crippen LogP contribution in [-0.2, 0) is 9.53 Å². The molecule has 5 nitrogen and oxygen atoms in total. The van der Waals surface area contributed by atoms with Crippen molar-refractivity contribution in [1.82, 2.24) is 4.90 Å². The molecule has 108 valence electrons. The predicted octanol–water partition coefficient (Wildman–Crippen LogP) is 2.26. The molecule has 1 fully saturated rings. The van der Waals surface area contributed by atoms with Crippen LogP contribution >= 0.6 is 34.2 Å². The van der Waals surface area contributed by atoms with Crippen molar-refractivity contribution < 1.29 is 19.4 Å². The highest BCUT2D eigenvalue weighted by molar-refractivity contribution is 14.1. The topological polar surface area (TPSA) is 66.8 Å². The molecular weight excluding hydrogens is 397 g/mol. The Morgan fingerprint density at radius 2 is 2.15 bits per heavy atom. The Labute approximate surface area is 135 Å². The van der Waals surface area contributed by atoms with E-state index in [9.17, 15) is 9.59 Å². The average Bonchev–Trinajstić information content (AvgIpc) is 2.35. The smallest absolute Gasteiger partial charge is 0.329 e. The zero-order valence-corrected chi connectivity index (χ0v) is 13.6. The maximum absolute atomic E-state index is 12.3. The molecule has 1 aromatic carbocycles. The van der Waals surface area contributed by atoms with Gasteiger partial charge in [0.25, 0.3) is 5.91 Å². The lowest BCUT2D eigenvalue weighted by molar-refractivity contribution is -0.159. The fourth-order valence-electron chi connectivity index (χ4n) is 2.06. The second kappa shape index (κ2) is 5.87. The molecule has 1 N–H and O–H groups in total. The normalized spacial score (nSPS) is 16.6. The van der Waals surface area contributed by atoms with Crippen LogP contribution < -0.4 is 0 Å². The van der Waals surface area contributed by atoms with E-state index < -0.39 is 11.6 Å². The third kappa shape index (κ3) is 3.42. The quantitative estimate of drug-likeness (QED) is 0.775. The minimum atomic E-state index is -1.01. The molecular formula is C13H13ClINO4. The van der Waals surface area contributed by atoms with E-state index in [0.717, 1.165) is 3.57 Å². The number of carboxylic acids is 1. The summed E-state index contributed by atoms with van der Waals surface area (Å²) in [6.45, 7) is 2.19. The molecule has 1 aliphatic heterocycles. The second-order valence-electron chi connectivity index (χ2n) is 4.92. The lowest BCUT2D eigenvalue weighted by Gasteiger charge is -2.47. The van der Waals surface area contributed by atoms with Gasteiger partial charge in [0.15, 0.2) is 0 Å². The number of halogens is 2. The van der Waals surface area contributed by atoms with Crippen molar-refractivity contribution in [2.45, 2.75) is 12.5 Å². The van der Waals surface area contributed by atoms with Crippen molar-refractivity contribution in [2.75, 3.05) is 19.7 Å². The lowest BCUT2D eigenvalue weighted by atomic mass is 9.95. The van der Waals surface area contributed by atoms with Crippen molar-refractivity contribution in [2.24, 2.45) is 0 Å². The maximum Gasteiger partial charge on any atom is 0.329 e. The number of aliphatic carboxylic acids is 1. The summed E-state index contributed by atoms with van der Waals surface area (Å²) in [7, 11) is 0. The average molecular weight is 410 g/mol. The summed E-state index contributed by atoms with van der Waals surface area (Å²) in [5.74, 6) is -1.13. The van der Waals surface area contributed by atoms with Crippen molar-refractivity contribution in [3.63, 3.8) is 0 Å². The fraction of sp³-hybridized carbons (Fsp3) is 0.385. The Kier molecular flexibility index (Phi) is 4.55. The largest absolute Gasteiger partial charge is 0.480 e. The van der Waals surface area contributed by atoms with Gasteiger partial charge in [-0.1, -0.05) is 11.6 Å². The molecule has 0 unspecified atom stereocenters. The molecule has 7 heteroatoms. The molecule has 1 aliphatic rings. The molecule has 0 aliphatic carbocycles. The van der Waals surface area contributed by atoms with Gasteiger partial charge in [0.05, 0.1) is 18.7 Å². The standard InChI is InChI=1S/C13H13ClINO4/c1-13(20-5-11(17)18)6-16(7-13)12(19)9-4-8(14)2-3-10(9)15/h2-4H,5-7H2,1H3,(H,17,18). The Morgan fingerprint density at radius 3 is 2.75 bits per heavy atom. The SMILES string of the molecule is CC1(OCC(=O)O)CN(C(=O)c2cc(Cl)ccc2I)C1. The van der Waals surface area contributed by atoms with E-state index in [2.05, 4.69) is 22.6 Å². The highest BCUT2D eigenvalue weighted by Crippen LogP contribution is 2.28. The van der Waals surface area contributed by atoms with Crippen LogP contribution in [0.2, 0.25) is 5.02 Å². The molecule has 1 aromatic rings. The molecule has 0 saturated carbocycles. The minimum absolute atomic E-state index is 0.117. The number of carboxylic acid groups (broad SMARTS) is 1. The molecule has 0 aromatic heterocycles. The van der Waals surface area contributed by atoms with Gasteiger partial charge in [-0.25, -0.2) is 4.79 Å². The van der Waals surface area contributed by atoms with Gasteiger partial charge < -0.3 is 14.7 Å². The zero-order valence-electron chi connectivity index (χ0n) is 10.7. The van der Waals surface area contributed by atoms with Gasteiger partial charge in [-0.05, 0) is 47.7 Å². The Hall–Kier alpha value is -0.860. The van der Waals surface area contributed by atoms with Gasteiger partial charge in [0, 0.05) is 8.59 Å². The second-order valence-corrected chi connectivity index (χ2v) is 6.52. The first-order valence-electron chi connectivity index (χ1n) is 5.91. The van der Waals surface area contributed by atoms with E-state index in [1.807, 2.05) is 0 Å². The van der Waals surface area contributed by atoms with E-state index >= 15 is 0 Å². The fourth-order valence-corrected chi connectivity index (χ4v) is 2.80. The third-order valence-electron chi connectivity index (χ3n) is 3.04. The summed E-state index contributed by atoms with van der Waals surface area (Å²) in [4.78, 5) is 24.4. The van der Waals surface area contributed by atoms with Crippen LogP contribution in [-0.4, -0.2) is 47.2 Å². The molecule has 0 radical (unpaired) electrons. The van der Waals surface area contributed by atoms with Gasteiger partial charge in [-0.15, -0.1) is 0 Å². The minimum Gasteiger partial charge on any atom is -0.480 e. The van der Waals surface area contributed by atoms with Crippen molar-refractivity contribution in [3.8, 4) is 0 Å². The number of benzene rings is 1. The number of nitrogens with zero attached hydrogens (tertiary/aromatic N) is 1. The first-order valence-corrected chi connectivity index (χ1v) is 7.36. The predicted molar refractivity (Wildman–Crippen MR) is 82.1 cm³/mol. The number of rotatable bonds is 4. The molecule has 20 heavy (non-hydrogen) atoms. The lowest BCUT2D eigenvalue weighted by Crippen LogP contribution is -2.63. The first-order chi connectivity index (χ1) is 9.31. The van der Waals surface area contributed by atoms with Crippen LogP contribution in [0.1, 0.15) is 17.3 Å². The van der Waals surface area contributed by atoms with E-state index in [1.165, 1.54) is 0 Å². The Balaban J connectivity index is 2.00. The molecule has 2 rings (SSSR count). The number of hydrogen-bond acceptors (Lipinski definition) is 3. The van der Waals surface area contributed by atoms with Crippen molar-refractivity contribution in [3.05, 3.63) is 32.4 Å². The van der Waals surface area contributed by atoms with Gasteiger partial charge in [0.2, 0.25) is 0 Å². The summed E-state index contributed by atoms with van der Waals surface area (Å²) >= 11 is 7.99. The Morgan fingerprint density at radius 1 is 1.50 bits per heavy atom. The Bertz CT molecular complexity index is 557. The van der Waals surface area contributed by atoms with Crippen molar-refractivity contribution in [1.29, 1.82) is 0 Å². The molecule has 0 spiro atoms. The number of carbonyl (C=O) groups is 2. The number of hydrogen-bond donors (Lipinski definition) is 1. The zero-order chi connectivity index (χ0) is 14.9. The van der Waals surface area contributed by atoms with E-state index in [4.69, 9.17) is 21.4 Å². The van der Waals surface area contributed by atoms with Crippen LogP contribution in [0.25, 0.3) is 0 Å². The van der Waals surface area contributed by atoms with Crippen LogP contribution in [0.15, 0.2) is 18.2 Å². The molecule has 1 saturated heterocycles. The van der Waals surface area contributed by atoms with Crippen LogP contribution in [0.4, 0.5) is 0 Å². The number of carbonyl (C=O) groups excluding carboxylic acids is 1. The highest BCUT2D eigenvalue weighted by Gasteiger charge is 2.43. The molecule has 1 heterocycles. The van der Waals surface area contributed by atoms with Crippen LogP contribution in [0.5, 0.6) is 0 Å². The summed E-state index contributed by atoms with van der Waals surface area (Å²) in [5, 5.41) is 9.11. The number of amides is 1. The monoisotopic (exact) mass is 409 g/mol. The summed E-state index contributed by atoms with van der Waals surface area (Å²) in [6.07, 6.45) is 0. The third-order valence-corrected chi connectivity index (χ3v) is 4.22. The van der Waals surface area contributed by atoms with Gasteiger partial charge >= 0.3 is 5.97 Å². The van der Waals surface area contributed by atoms with Gasteiger partial charge in [0.1, 0.15) is 12.2 Å². The van der Waals surface area contributed by atoms with E-state index in [0.29, 0.717) is 23.7 Å². The molecule has 0 bridgehead atoms. The number of ether oxygens (including phenoxy) is 1.